The van der Waals surface area contributed by atoms with Crippen molar-refractivity contribution < 1.29 is 9.47 Å². The van der Waals surface area contributed by atoms with Crippen LogP contribution in [0.2, 0.25) is 0 Å². The summed E-state index contributed by atoms with van der Waals surface area (Å²) in [6.45, 7) is 0. The van der Waals surface area contributed by atoms with Crippen LogP contribution >= 0.6 is 11.8 Å². The van der Waals surface area contributed by atoms with E-state index in [-0.39, 0.29) is 6.10 Å². The molecule has 1 unspecified atom stereocenters. The average Bonchev–Trinajstić information content (AvgIpc) is 2.40. The van der Waals surface area contributed by atoms with Gasteiger partial charge in [0.2, 0.25) is 0 Å². The second-order valence-corrected chi connectivity index (χ2v) is 5.06. The fourth-order valence-corrected chi connectivity index (χ4v) is 2.89. The lowest BCUT2D eigenvalue weighted by Crippen LogP contribution is -2.23. The monoisotopic (exact) mass is 249 g/mol. The molecule has 90 valence electrons. The summed E-state index contributed by atoms with van der Waals surface area (Å²) in [6.07, 6.45) is 2.42. The SMILES string of the molecule is COc1cccc(C#N)c1OC1CCCSC1. The molecule has 1 aromatic carbocycles. The van der Waals surface area contributed by atoms with Gasteiger partial charge in [0.15, 0.2) is 11.5 Å². The molecule has 0 radical (unpaired) electrons. The molecule has 0 spiro atoms. The first-order valence-electron chi connectivity index (χ1n) is 5.66. The minimum absolute atomic E-state index is 0.192. The molecule has 1 fully saturated rings. The van der Waals surface area contributed by atoms with Crippen LogP contribution in [0.3, 0.4) is 0 Å². The van der Waals surface area contributed by atoms with Gasteiger partial charge in [-0.2, -0.15) is 17.0 Å². The summed E-state index contributed by atoms with van der Waals surface area (Å²) in [7, 11) is 1.60. The second-order valence-electron chi connectivity index (χ2n) is 3.91. The fourth-order valence-electron chi connectivity index (χ4n) is 1.86. The van der Waals surface area contributed by atoms with E-state index in [0.29, 0.717) is 17.1 Å². The Kier molecular flexibility index (Phi) is 4.16. The summed E-state index contributed by atoms with van der Waals surface area (Å²) in [5.74, 6) is 3.42. The summed E-state index contributed by atoms with van der Waals surface area (Å²) in [4.78, 5) is 0. The fraction of sp³-hybridized carbons (Fsp3) is 0.462. The van der Waals surface area contributed by atoms with Gasteiger partial charge in [0.05, 0.1) is 12.7 Å². The molecule has 1 aliphatic rings. The highest BCUT2D eigenvalue weighted by molar-refractivity contribution is 7.99. The van der Waals surface area contributed by atoms with Crippen molar-refractivity contribution in [2.24, 2.45) is 0 Å². The van der Waals surface area contributed by atoms with Crippen LogP contribution in [0.4, 0.5) is 0 Å². The van der Waals surface area contributed by atoms with Crippen molar-refractivity contribution in [3.8, 4) is 17.6 Å². The number of para-hydroxylation sites is 1. The van der Waals surface area contributed by atoms with E-state index in [1.807, 2.05) is 17.8 Å². The summed E-state index contributed by atoms with van der Waals surface area (Å²) in [5.41, 5.74) is 0.542. The minimum Gasteiger partial charge on any atom is -0.493 e. The molecular weight excluding hydrogens is 234 g/mol. The van der Waals surface area contributed by atoms with Gasteiger partial charge in [-0.15, -0.1) is 0 Å². The van der Waals surface area contributed by atoms with E-state index in [9.17, 15) is 0 Å². The van der Waals surface area contributed by atoms with Crippen LogP contribution < -0.4 is 9.47 Å². The molecule has 2 rings (SSSR count). The van der Waals surface area contributed by atoms with Gasteiger partial charge in [-0.3, -0.25) is 0 Å². The maximum atomic E-state index is 9.08. The lowest BCUT2D eigenvalue weighted by molar-refractivity contribution is 0.202. The molecular formula is C13H15NO2S. The van der Waals surface area contributed by atoms with Crippen molar-refractivity contribution in [3.63, 3.8) is 0 Å². The molecule has 4 heteroatoms. The van der Waals surface area contributed by atoms with Gasteiger partial charge in [0, 0.05) is 5.75 Å². The first-order valence-corrected chi connectivity index (χ1v) is 6.82. The topological polar surface area (TPSA) is 42.2 Å². The molecule has 1 saturated heterocycles. The zero-order chi connectivity index (χ0) is 12.1. The Labute approximate surface area is 106 Å². The summed E-state index contributed by atoms with van der Waals surface area (Å²) in [6, 6.07) is 7.54. The van der Waals surface area contributed by atoms with Crippen LogP contribution in [0.5, 0.6) is 11.5 Å². The molecule has 3 nitrogen and oxygen atoms in total. The molecule has 0 aromatic heterocycles. The third-order valence-corrected chi connectivity index (χ3v) is 3.91. The Morgan fingerprint density at radius 1 is 1.47 bits per heavy atom. The van der Waals surface area contributed by atoms with Gasteiger partial charge in [-0.05, 0) is 30.7 Å². The van der Waals surface area contributed by atoms with Crippen molar-refractivity contribution in [3.05, 3.63) is 23.8 Å². The molecule has 0 amide bonds. The van der Waals surface area contributed by atoms with E-state index >= 15 is 0 Å². The highest BCUT2D eigenvalue weighted by Gasteiger charge is 2.19. The molecule has 0 saturated carbocycles. The largest absolute Gasteiger partial charge is 0.493 e. The van der Waals surface area contributed by atoms with E-state index < -0.39 is 0 Å². The molecule has 1 heterocycles. The van der Waals surface area contributed by atoms with Gasteiger partial charge in [-0.1, -0.05) is 6.07 Å². The number of benzene rings is 1. The van der Waals surface area contributed by atoms with Crippen molar-refractivity contribution in [2.45, 2.75) is 18.9 Å². The van der Waals surface area contributed by atoms with Crippen LogP contribution in [0.15, 0.2) is 18.2 Å². The van der Waals surface area contributed by atoms with Gasteiger partial charge in [0.1, 0.15) is 12.2 Å². The van der Waals surface area contributed by atoms with Crippen molar-refractivity contribution in [1.29, 1.82) is 5.26 Å². The third-order valence-electron chi connectivity index (χ3n) is 2.72. The average molecular weight is 249 g/mol. The zero-order valence-electron chi connectivity index (χ0n) is 9.81. The number of nitrogens with zero attached hydrogens (tertiary/aromatic N) is 1. The number of hydrogen-bond acceptors (Lipinski definition) is 4. The van der Waals surface area contributed by atoms with Crippen LogP contribution in [-0.4, -0.2) is 24.7 Å². The van der Waals surface area contributed by atoms with Gasteiger partial charge < -0.3 is 9.47 Å². The van der Waals surface area contributed by atoms with Crippen LogP contribution in [0, 0.1) is 11.3 Å². The molecule has 0 aliphatic carbocycles. The summed E-state index contributed by atoms with van der Waals surface area (Å²) in [5, 5.41) is 9.08. The van der Waals surface area contributed by atoms with E-state index in [1.165, 1.54) is 12.2 Å². The van der Waals surface area contributed by atoms with Crippen molar-refractivity contribution in [1.82, 2.24) is 0 Å². The molecule has 0 bridgehead atoms. The van der Waals surface area contributed by atoms with Gasteiger partial charge in [0.25, 0.3) is 0 Å². The standard InChI is InChI=1S/C13H15NO2S/c1-15-12-6-2-4-10(8-14)13(12)16-11-5-3-7-17-9-11/h2,4,6,11H,3,5,7,9H2,1H3. The van der Waals surface area contributed by atoms with E-state index in [1.54, 1.807) is 19.2 Å². The smallest absolute Gasteiger partial charge is 0.179 e. The normalized spacial score (nSPS) is 19.4. The lowest BCUT2D eigenvalue weighted by Gasteiger charge is -2.24. The van der Waals surface area contributed by atoms with Crippen molar-refractivity contribution in [2.75, 3.05) is 18.6 Å². The van der Waals surface area contributed by atoms with Crippen LogP contribution in [0.25, 0.3) is 0 Å². The Balaban J connectivity index is 2.20. The summed E-state index contributed by atoms with van der Waals surface area (Å²) < 4.78 is 11.2. The predicted molar refractivity (Wildman–Crippen MR) is 68.7 cm³/mol. The van der Waals surface area contributed by atoms with E-state index in [2.05, 4.69) is 6.07 Å². The number of methoxy groups -OCH3 is 1. The number of ether oxygens (including phenoxy) is 2. The quantitative estimate of drug-likeness (QED) is 0.826. The van der Waals surface area contributed by atoms with Crippen LogP contribution in [-0.2, 0) is 0 Å². The Morgan fingerprint density at radius 2 is 2.35 bits per heavy atom. The van der Waals surface area contributed by atoms with E-state index in [0.717, 1.165) is 12.2 Å². The van der Waals surface area contributed by atoms with Gasteiger partial charge in [-0.25, -0.2) is 0 Å². The molecule has 0 N–H and O–H groups in total. The highest BCUT2D eigenvalue weighted by atomic mass is 32.2. The Morgan fingerprint density at radius 3 is 3.00 bits per heavy atom. The first kappa shape index (κ1) is 12.1. The minimum atomic E-state index is 0.192. The number of hydrogen-bond donors (Lipinski definition) is 0. The first-order chi connectivity index (χ1) is 8.35. The number of nitriles is 1. The predicted octanol–water partition coefficient (Wildman–Crippen LogP) is 2.84. The lowest BCUT2D eigenvalue weighted by atomic mass is 10.2. The number of rotatable bonds is 3. The maximum absolute atomic E-state index is 9.08. The van der Waals surface area contributed by atoms with Gasteiger partial charge >= 0.3 is 0 Å². The van der Waals surface area contributed by atoms with E-state index in [4.69, 9.17) is 14.7 Å². The summed E-state index contributed by atoms with van der Waals surface area (Å²) >= 11 is 1.90. The molecule has 1 aliphatic heterocycles. The second kappa shape index (κ2) is 5.83. The maximum Gasteiger partial charge on any atom is 0.179 e. The highest BCUT2D eigenvalue weighted by Crippen LogP contribution is 2.33. The third kappa shape index (κ3) is 2.86. The Bertz CT molecular complexity index is 422. The molecule has 1 aromatic rings. The Hall–Kier alpha value is -1.34. The zero-order valence-corrected chi connectivity index (χ0v) is 10.6. The molecule has 1 atom stereocenters. The molecule has 17 heavy (non-hydrogen) atoms. The van der Waals surface area contributed by atoms with Crippen molar-refractivity contribution >= 4 is 11.8 Å². The van der Waals surface area contributed by atoms with Crippen LogP contribution in [0.1, 0.15) is 18.4 Å². The number of thioether (sulfide) groups is 1.